The number of rotatable bonds is 10. The van der Waals surface area contributed by atoms with E-state index in [1.807, 2.05) is 38.4 Å². The second-order valence-corrected chi connectivity index (χ2v) is 13.0. The normalized spacial score (nSPS) is 24.7. The van der Waals surface area contributed by atoms with Crippen molar-refractivity contribution in [3.8, 4) is 10.4 Å². The average Bonchev–Trinajstić information content (AvgIpc) is 3.16. The molecule has 10 heteroatoms. The monoisotopic (exact) mass is 558 g/mol. The number of carbonyl (C=O) groups excluding carboxylic acids is 3. The Morgan fingerprint density at radius 2 is 2.05 bits per heavy atom. The van der Waals surface area contributed by atoms with Crippen molar-refractivity contribution in [1.82, 2.24) is 15.2 Å². The Labute approximate surface area is 233 Å². The van der Waals surface area contributed by atoms with Gasteiger partial charge in [-0.3, -0.25) is 14.4 Å². The predicted molar refractivity (Wildman–Crippen MR) is 149 cm³/mol. The molecule has 4 N–H and O–H groups in total. The minimum absolute atomic E-state index is 0.0742. The van der Waals surface area contributed by atoms with Crippen LogP contribution in [0.4, 0.5) is 4.39 Å². The van der Waals surface area contributed by atoms with Gasteiger partial charge in [-0.1, -0.05) is 39.8 Å². The largest absolute Gasteiger partial charge is 0.391 e. The number of thiazole rings is 1. The SMILES string of the molecule is Cc1ncsc1-c1ccc(CNC(=O)[C@@H]2C[C@@H](O)CN2C(=O)CC(C)(C)CC2CC2(F)C(N)=O)c(C(C)C)c1. The van der Waals surface area contributed by atoms with Crippen molar-refractivity contribution in [3.63, 3.8) is 0 Å². The Balaban J connectivity index is 1.40. The maximum Gasteiger partial charge on any atom is 0.255 e. The first-order valence-corrected chi connectivity index (χ1v) is 14.4. The molecule has 1 aliphatic heterocycles. The minimum atomic E-state index is -1.99. The van der Waals surface area contributed by atoms with E-state index >= 15 is 0 Å². The van der Waals surface area contributed by atoms with Crippen LogP contribution < -0.4 is 11.1 Å². The molecule has 8 nitrogen and oxygen atoms in total. The highest BCUT2D eigenvalue weighted by Crippen LogP contribution is 2.53. The number of halogens is 1. The average molecular weight is 559 g/mol. The van der Waals surface area contributed by atoms with Gasteiger partial charge in [-0.15, -0.1) is 11.3 Å². The third kappa shape index (κ3) is 6.32. The molecule has 1 aromatic carbocycles. The highest BCUT2D eigenvalue weighted by Gasteiger charge is 2.61. The molecule has 1 aromatic heterocycles. The van der Waals surface area contributed by atoms with Crippen molar-refractivity contribution >= 4 is 29.1 Å². The summed E-state index contributed by atoms with van der Waals surface area (Å²) in [7, 11) is 0. The number of carbonyl (C=O) groups is 3. The first-order chi connectivity index (χ1) is 18.2. The molecule has 2 aliphatic rings. The van der Waals surface area contributed by atoms with E-state index in [1.54, 1.807) is 11.3 Å². The molecule has 1 saturated heterocycles. The van der Waals surface area contributed by atoms with Crippen LogP contribution in [0, 0.1) is 18.3 Å². The number of benzene rings is 1. The van der Waals surface area contributed by atoms with Gasteiger partial charge in [-0.25, -0.2) is 9.37 Å². The van der Waals surface area contributed by atoms with Crippen molar-refractivity contribution in [2.24, 2.45) is 17.1 Å². The van der Waals surface area contributed by atoms with Gasteiger partial charge in [0.15, 0.2) is 5.67 Å². The van der Waals surface area contributed by atoms with Gasteiger partial charge in [0.05, 0.1) is 22.2 Å². The molecule has 2 aromatic rings. The summed E-state index contributed by atoms with van der Waals surface area (Å²) in [4.78, 5) is 44.8. The van der Waals surface area contributed by atoms with Crippen LogP contribution in [0.25, 0.3) is 10.4 Å². The summed E-state index contributed by atoms with van der Waals surface area (Å²) in [6.45, 7) is 10.3. The number of amides is 3. The van der Waals surface area contributed by atoms with E-state index in [9.17, 15) is 23.9 Å². The Morgan fingerprint density at radius 1 is 1.33 bits per heavy atom. The predicted octanol–water partition coefficient (Wildman–Crippen LogP) is 3.84. The summed E-state index contributed by atoms with van der Waals surface area (Å²) < 4.78 is 14.4. The zero-order chi connectivity index (χ0) is 28.7. The summed E-state index contributed by atoms with van der Waals surface area (Å²) >= 11 is 1.60. The summed E-state index contributed by atoms with van der Waals surface area (Å²) in [5, 5.41) is 13.3. The number of aryl methyl sites for hydroxylation is 1. The fourth-order valence-corrected chi connectivity index (χ4v) is 6.54. The van der Waals surface area contributed by atoms with Crippen molar-refractivity contribution in [2.45, 2.75) is 90.6 Å². The van der Waals surface area contributed by atoms with E-state index in [0.29, 0.717) is 13.0 Å². The maximum absolute atomic E-state index is 14.4. The van der Waals surface area contributed by atoms with Crippen LogP contribution in [-0.2, 0) is 20.9 Å². The molecule has 0 radical (unpaired) electrons. The number of β-amino-alcohol motifs (C(OH)–C–C–N with tert-alkyl or cyclic N) is 1. The van der Waals surface area contributed by atoms with Gasteiger partial charge in [0.2, 0.25) is 11.8 Å². The molecule has 212 valence electrons. The fourth-order valence-electron chi connectivity index (χ4n) is 5.74. The summed E-state index contributed by atoms with van der Waals surface area (Å²) in [6, 6.07) is 5.42. The lowest BCUT2D eigenvalue weighted by Gasteiger charge is -2.30. The minimum Gasteiger partial charge on any atom is -0.391 e. The van der Waals surface area contributed by atoms with Crippen LogP contribution in [0.2, 0.25) is 0 Å². The molecule has 1 aliphatic carbocycles. The summed E-state index contributed by atoms with van der Waals surface area (Å²) in [5.41, 5.74) is 8.63. The second-order valence-electron chi connectivity index (χ2n) is 12.2. The van der Waals surface area contributed by atoms with Crippen LogP contribution in [0.1, 0.15) is 76.1 Å². The van der Waals surface area contributed by atoms with E-state index in [-0.39, 0.29) is 43.5 Å². The number of likely N-dealkylation sites (tertiary alicyclic amines) is 1. The fraction of sp³-hybridized carbons (Fsp3) is 0.586. The van der Waals surface area contributed by atoms with Gasteiger partial charge < -0.3 is 21.1 Å². The van der Waals surface area contributed by atoms with Crippen molar-refractivity contribution < 1.29 is 23.9 Å². The Bertz CT molecular complexity index is 1260. The van der Waals surface area contributed by atoms with Gasteiger partial charge >= 0.3 is 0 Å². The first kappa shape index (κ1) is 29.1. The highest BCUT2D eigenvalue weighted by molar-refractivity contribution is 7.13. The van der Waals surface area contributed by atoms with E-state index in [2.05, 4.69) is 30.2 Å². The third-order valence-electron chi connectivity index (χ3n) is 8.00. The molecular formula is C29H39FN4O4S. The number of nitrogens with zero attached hydrogens (tertiary/aromatic N) is 2. The number of aliphatic hydroxyl groups excluding tert-OH is 1. The van der Waals surface area contributed by atoms with Crippen LogP contribution in [0.3, 0.4) is 0 Å². The van der Waals surface area contributed by atoms with Gasteiger partial charge in [0.25, 0.3) is 5.91 Å². The molecule has 2 heterocycles. The smallest absolute Gasteiger partial charge is 0.255 e. The van der Waals surface area contributed by atoms with Gasteiger partial charge in [-0.2, -0.15) is 0 Å². The lowest BCUT2D eigenvalue weighted by molar-refractivity contribution is -0.140. The van der Waals surface area contributed by atoms with Crippen LogP contribution in [0.15, 0.2) is 23.7 Å². The second kappa shape index (κ2) is 11.0. The number of nitrogens with one attached hydrogen (secondary N) is 1. The standard InChI is InChI=1S/C29H39FN4O4S/c1-16(2)22-8-18(25-17(3)33-15-39-25)6-7-19(22)13-32-26(37)23-9-21(35)14-34(23)24(36)12-28(4,5)10-20-11-29(20,30)27(31)38/h6-8,15-16,20-21,23,35H,9-14H2,1-5H3,(H2,31,38)(H,32,37)/t20?,21-,23+,29?/m1/s1. The molecule has 4 rings (SSSR count). The number of aliphatic hydroxyl groups is 1. The maximum atomic E-state index is 14.4. The Morgan fingerprint density at radius 3 is 2.64 bits per heavy atom. The van der Waals surface area contributed by atoms with Crippen LogP contribution >= 0.6 is 11.3 Å². The number of primary amides is 1. The molecule has 4 atom stereocenters. The lowest BCUT2D eigenvalue weighted by atomic mass is 9.82. The number of hydrogen-bond acceptors (Lipinski definition) is 6. The van der Waals surface area contributed by atoms with Gasteiger partial charge in [-0.05, 0) is 53.9 Å². The molecule has 0 spiro atoms. The third-order valence-corrected chi connectivity index (χ3v) is 8.98. The van der Waals surface area contributed by atoms with Gasteiger partial charge in [0.1, 0.15) is 6.04 Å². The van der Waals surface area contributed by atoms with Crippen LogP contribution in [-0.4, -0.2) is 57.1 Å². The number of nitrogens with two attached hydrogens (primary N) is 1. The molecule has 39 heavy (non-hydrogen) atoms. The summed E-state index contributed by atoms with van der Waals surface area (Å²) in [6.07, 6.45) is -0.143. The molecule has 2 unspecified atom stereocenters. The molecule has 1 saturated carbocycles. The lowest BCUT2D eigenvalue weighted by Crippen LogP contribution is -2.46. The van der Waals surface area contributed by atoms with Crippen molar-refractivity contribution in [3.05, 3.63) is 40.5 Å². The summed E-state index contributed by atoms with van der Waals surface area (Å²) in [5.74, 6) is -1.80. The van der Waals surface area contributed by atoms with Crippen LogP contribution in [0.5, 0.6) is 0 Å². The van der Waals surface area contributed by atoms with Gasteiger partial charge in [0, 0.05) is 31.8 Å². The Kier molecular flexibility index (Phi) is 8.19. The highest BCUT2D eigenvalue weighted by atomic mass is 32.1. The van der Waals surface area contributed by atoms with E-state index < -0.39 is 35.1 Å². The number of aromatic nitrogens is 1. The topological polar surface area (TPSA) is 126 Å². The zero-order valence-electron chi connectivity index (χ0n) is 23.3. The molecule has 2 fully saturated rings. The van der Waals surface area contributed by atoms with E-state index in [1.165, 1.54) is 4.90 Å². The van der Waals surface area contributed by atoms with Crippen molar-refractivity contribution in [1.29, 1.82) is 0 Å². The zero-order valence-corrected chi connectivity index (χ0v) is 24.1. The Hall–Kier alpha value is -2.85. The number of alkyl halides is 1. The first-order valence-electron chi connectivity index (χ1n) is 13.5. The molecule has 3 amide bonds. The quantitative estimate of drug-likeness (QED) is 0.409. The van der Waals surface area contributed by atoms with E-state index in [0.717, 1.165) is 27.3 Å². The number of hydrogen-bond donors (Lipinski definition) is 3. The van der Waals surface area contributed by atoms with E-state index in [4.69, 9.17) is 5.73 Å². The molecular weight excluding hydrogens is 519 g/mol. The molecule has 0 bridgehead atoms. The van der Waals surface area contributed by atoms with Crippen molar-refractivity contribution in [2.75, 3.05) is 6.54 Å².